The van der Waals surface area contributed by atoms with Crippen LogP contribution in [0.2, 0.25) is 5.02 Å². The molecule has 24 heavy (non-hydrogen) atoms. The van der Waals surface area contributed by atoms with Gasteiger partial charge < -0.3 is 9.64 Å². The summed E-state index contributed by atoms with van der Waals surface area (Å²) in [6.45, 7) is 4.18. The minimum absolute atomic E-state index is 0. The van der Waals surface area contributed by atoms with E-state index in [4.69, 9.17) is 16.3 Å². The summed E-state index contributed by atoms with van der Waals surface area (Å²) < 4.78 is 6.27. The summed E-state index contributed by atoms with van der Waals surface area (Å²) in [7, 11) is 0. The van der Waals surface area contributed by atoms with Gasteiger partial charge in [0.25, 0.3) is 0 Å². The third-order valence-corrected chi connectivity index (χ3v) is 4.67. The molecule has 0 saturated carbocycles. The van der Waals surface area contributed by atoms with Crippen LogP contribution in [-0.2, 0) is 4.74 Å². The maximum Gasteiger partial charge on any atom is 0.108 e. The van der Waals surface area contributed by atoms with E-state index in [1.54, 1.807) is 0 Å². The molecule has 0 aliphatic carbocycles. The molecule has 1 heterocycles. The molecule has 1 aliphatic heterocycles. The molecular formula is C20H25Cl2NO. The van der Waals surface area contributed by atoms with Crippen molar-refractivity contribution in [2.75, 3.05) is 26.2 Å². The number of halogens is 2. The first-order valence-electron chi connectivity index (χ1n) is 8.47. The molecule has 0 aromatic heterocycles. The predicted octanol–water partition coefficient (Wildman–Crippen LogP) is 5.35. The Hall–Kier alpha value is -1.06. The Morgan fingerprint density at radius 2 is 1.50 bits per heavy atom. The van der Waals surface area contributed by atoms with Gasteiger partial charge in [0.05, 0.1) is 6.61 Å². The third-order valence-electron chi connectivity index (χ3n) is 4.42. The second-order valence-electron chi connectivity index (χ2n) is 6.12. The summed E-state index contributed by atoms with van der Waals surface area (Å²) in [6.07, 6.45) is 3.98. The van der Waals surface area contributed by atoms with Gasteiger partial charge in [-0.1, -0.05) is 60.5 Å². The maximum atomic E-state index is 6.27. The molecular weight excluding hydrogens is 341 g/mol. The Balaban J connectivity index is 0.00000208. The molecule has 0 bridgehead atoms. The minimum atomic E-state index is -0.0294. The molecule has 4 heteroatoms. The van der Waals surface area contributed by atoms with E-state index >= 15 is 0 Å². The van der Waals surface area contributed by atoms with Gasteiger partial charge in [0, 0.05) is 11.6 Å². The second kappa shape index (κ2) is 10.0. The van der Waals surface area contributed by atoms with Crippen LogP contribution in [0, 0.1) is 0 Å². The Kier molecular flexibility index (Phi) is 8.07. The van der Waals surface area contributed by atoms with Crippen LogP contribution in [0.3, 0.4) is 0 Å². The van der Waals surface area contributed by atoms with Gasteiger partial charge in [-0.15, -0.1) is 12.4 Å². The smallest absolute Gasteiger partial charge is 0.108 e. The Morgan fingerprint density at radius 3 is 2.17 bits per heavy atom. The molecule has 1 fully saturated rings. The Bertz CT molecular complexity index is 582. The van der Waals surface area contributed by atoms with Crippen molar-refractivity contribution in [1.82, 2.24) is 4.90 Å². The molecule has 2 nitrogen and oxygen atoms in total. The summed E-state index contributed by atoms with van der Waals surface area (Å²) in [6, 6.07) is 18.4. The van der Waals surface area contributed by atoms with E-state index in [2.05, 4.69) is 41.3 Å². The number of benzene rings is 2. The predicted molar refractivity (Wildman–Crippen MR) is 103 cm³/mol. The zero-order valence-electron chi connectivity index (χ0n) is 13.9. The first-order chi connectivity index (χ1) is 11.3. The maximum absolute atomic E-state index is 6.27. The Labute approximate surface area is 156 Å². The highest BCUT2D eigenvalue weighted by Gasteiger charge is 2.16. The summed E-state index contributed by atoms with van der Waals surface area (Å²) >= 11 is 6.02. The highest BCUT2D eigenvalue weighted by atomic mass is 35.5. The van der Waals surface area contributed by atoms with Gasteiger partial charge in [-0.05, 0) is 49.2 Å². The number of piperidine rings is 1. The zero-order valence-corrected chi connectivity index (χ0v) is 15.4. The quantitative estimate of drug-likeness (QED) is 0.683. The van der Waals surface area contributed by atoms with Crippen molar-refractivity contribution in [2.24, 2.45) is 0 Å². The van der Waals surface area contributed by atoms with E-state index in [9.17, 15) is 0 Å². The van der Waals surface area contributed by atoms with Gasteiger partial charge in [-0.25, -0.2) is 0 Å². The lowest BCUT2D eigenvalue weighted by atomic mass is 10.0. The number of likely N-dealkylation sites (tertiary alicyclic amines) is 1. The standard InChI is InChI=1S/C20H24ClNO.ClH/c21-19-11-9-18(10-12-19)20(17-7-3-1-4-8-17)23-16-15-22-13-5-2-6-14-22;/h1,3-4,7-12,20H,2,5-6,13-16H2;1H/t20-;/m1./s1. The molecule has 1 atom stereocenters. The molecule has 130 valence electrons. The number of nitrogens with zero attached hydrogens (tertiary/aromatic N) is 1. The van der Waals surface area contributed by atoms with Crippen molar-refractivity contribution in [3.8, 4) is 0 Å². The first-order valence-corrected chi connectivity index (χ1v) is 8.85. The van der Waals surface area contributed by atoms with E-state index in [0.717, 1.165) is 23.7 Å². The highest BCUT2D eigenvalue weighted by molar-refractivity contribution is 6.30. The van der Waals surface area contributed by atoms with Crippen LogP contribution < -0.4 is 0 Å². The molecule has 0 spiro atoms. The lowest BCUT2D eigenvalue weighted by Gasteiger charge is -2.27. The lowest BCUT2D eigenvalue weighted by Crippen LogP contribution is -2.33. The fourth-order valence-corrected chi connectivity index (χ4v) is 3.26. The normalized spacial score (nSPS) is 16.4. The molecule has 1 aliphatic rings. The zero-order chi connectivity index (χ0) is 15.9. The second-order valence-corrected chi connectivity index (χ2v) is 6.55. The van der Waals surface area contributed by atoms with Gasteiger partial charge in [-0.2, -0.15) is 0 Å². The topological polar surface area (TPSA) is 12.5 Å². The van der Waals surface area contributed by atoms with Crippen molar-refractivity contribution >= 4 is 24.0 Å². The van der Waals surface area contributed by atoms with Crippen LogP contribution in [0.4, 0.5) is 0 Å². The van der Waals surface area contributed by atoms with E-state index in [0.29, 0.717) is 0 Å². The molecule has 0 unspecified atom stereocenters. The van der Waals surface area contributed by atoms with Crippen LogP contribution in [0.1, 0.15) is 36.5 Å². The van der Waals surface area contributed by atoms with Crippen molar-refractivity contribution in [3.63, 3.8) is 0 Å². The summed E-state index contributed by atoms with van der Waals surface area (Å²) in [4.78, 5) is 2.51. The average molecular weight is 366 g/mol. The van der Waals surface area contributed by atoms with Crippen molar-refractivity contribution in [1.29, 1.82) is 0 Å². The van der Waals surface area contributed by atoms with E-state index in [1.165, 1.54) is 37.9 Å². The Morgan fingerprint density at radius 1 is 0.875 bits per heavy atom. The number of ether oxygens (including phenoxy) is 1. The van der Waals surface area contributed by atoms with Gasteiger partial charge in [0.15, 0.2) is 0 Å². The van der Waals surface area contributed by atoms with Crippen LogP contribution in [0.25, 0.3) is 0 Å². The first kappa shape index (κ1) is 19.3. The van der Waals surface area contributed by atoms with Gasteiger partial charge in [0.2, 0.25) is 0 Å². The van der Waals surface area contributed by atoms with Crippen molar-refractivity contribution in [3.05, 3.63) is 70.7 Å². The SMILES string of the molecule is Cl.Clc1ccc([C@H](OCCN2CCCCC2)c2ccccc2)cc1. The fraction of sp³-hybridized carbons (Fsp3) is 0.400. The lowest BCUT2D eigenvalue weighted by molar-refractivity contribution is 0.0557. The number of hydrogen-bond donors (Lipinski definition) is 0. The van der Waals surface area contributed by atoms with E-state index in [-0.39, 0.29) is 18.5 Å². The van der Waals surface area contributed by atoms with Gasteiger partial charge in [-0.3, -0.25) is 0 Å². The molecule has 2 aromatic carbocycles. The van der Waals surface area contributed by atoms with Crippen molar-refractivity contribution in [2.45, 2.75) is 25.4 Å². The average Bonchev–Trinajstić information content (AvgIpc) is 2.61. The van der Waals surface area contributed by atoms with E-state index in [1.807, 2.05) is 18.2 Å². The summed E-state index contributed by atoms with van der Waals surface area (Å²) in [5.74, 6) is 0. The number of rotatable bonds is 6. The molecule has 0 amide bonds. The molecule has 0 N–H and O–H groups in total. The minimum Gasteiger partial charge on any atom is -0.367 e. The third kappa shape index (κ3) is 5.49. The van der Waals surface area contributed by atoms with Gasteiger partial charge in [0.1, 0.15) is 6.10 Å². The highest BCUT2D eigenvalue weighted by Crippen LogP contribution is 2.27. The largest absolute Gasteiger partial charge is 0.367 e. The molecule has 0 radical (unpaired) electrons. The summed E-state index contributed by atoms with van der Waals surface area (Å²) in [5.41, 5.74) is 2.34. The molecule has 3 rings (SSSR count). The van der Waals surface area contributed by atoms with E-state index < -0.39 is 0 Å². The fourth-order valence-electron chi connectivity index (χ4n) is 3.13. The molecule has 1 saturated heterocycles. The van der Waals surface area contributed by atoms with Gasteiger partial charge >= 0.3 is 0 Å². The van der Waals surface area contributed by atoms with Crippen molar-refractivity contribution < 1.29 is 4.74 Å². The van der Waals surface area contributed by atoms with Crippen LogP contribution >= 0.6 is 24.0 Å². The number of hydrogen-bond acceptors (Lipinski definition) is 2. The summed E-state index contributed by atoms with van der Waals surface area (Å²) in [5, 5.41) is 0.758. The van der Waals surface area contributed by atoms with Crippen LogP contribution in [0.15, 0.2) is 54.6 Å². The van der Waals surface area contributed by atoms with Crippen LogP contribution in [0.5, 0.6) is 0 Å². The van der Waals surface area contributed by atoms with Crippen LogP contribution in [-0.4, -0.2) is 31.1 Å². The molecule has 2 aromatic rings. The monoisotopic (exact) mass is 365 g/mol.